The van der Waals surface area contributed by atoms with Crippen molar-refractivity contribution >= 4 is 28.9 Å². The summed E-state index contributed by atoms with van der Waals surface area (Å²) in [6.45, 7) is 3.43. The van der Waals surface area contributed by atoms with E-state index in [-0.39, 0.29) is 5.91 Å². The summed E-state index contributed by atoms with van der Waals surface area (Å²) in [6.07, 6.45) is 7.10. The van der Waals surface area contributed by atoms with Gasteiger partial charge in [-0.05, 0) is 36.3 Å². The molecule has 4 heterocycles. The maximum absolute atomic E-state index is 12.4. The van der Waals surface area contributed by atoms with Crippen molar-refractivity contribution in [2.24, 2.45) is 0 Å². The number of hydrogen-bond acceptors (Lipinski definition) is 5. The van der Waals surface area contributed by atoms with Gasteiger partial charge in [-0.15, -0.1) is 0 Å². The van der Waals surface area contributed by atoms with E-state index in [2.05, 4.69) is 32.7 Å². The summed E-state index contributed by atoms with van der Waals surface area (Å²) in [4.78, 5) is 16.9. The van der Waals surface area contributed by atoms with Gasteiger partial charge in [0.1, 0.15) is 12.3 Å². The highest BCUT2D eigenvalue weighted by molar-refractivity contribution is 6.35. The van der Waals surface area contributed by atoms with Crippen LogP contribution in [0.2, 0.25) is 0 Å². The molecule has 0 spiro atoms. The molecular weight excluding hydrogens is 342 g/mol. The number of fused-ring (bicyclic) bond motifs is 2. The SMILES string of the molecule is Cc1c(-c2ccc3c(c2)/C(=C/c2cn[nH]c2)C(=O)N3)cnc2c1NCCO2. The number of carbonyl (C=O) groups is 1. The zero-order valence-electron chi connectivity index (χ0n) is 14.7. The van der Waals surface area contributed by atoms with Crippen molar-refractivity contribution in [3.05, 3.63) is 53.5 Å². The van der Waals surface area contributed by atoms with Crippen LogP contribution in [0.1, 0.15) is 16.7 Å². The van der Waals surface area contributed by atoms with Crippen molar-refractivity contribution in [2.45, 2.75) is 6.92 Å². The summed E-state index contributed by atoms with van der Waals surface area (Å²) in [5.74, 6) is 0.528. The Balaban J connectivity index is 1.61. The normalized spacial score (nSPS) is 16.3. The first kappa shape index (κ1) is 15.6. The molecule has 3 N–H and O–H groups in total. The molecule has 1 amide bonds. The van der Waals surface area contributed by atoms with Crippen molar-refractivity contribution in [1.82, 2.24) is 15.2 Å². The minimum Gasteiger partial charge on any atom is -0.474 e. The molecule has 0 bridgehead atoms. The zero-order valence-corrected chi connectivity index (χ0v) is 14.7. The number of benzene rings is 1. The van der Waals surface area contributed by atoms with Crippen molar-refractivity contribution in [1.29, 1.82) is 0 Å². The quantitative estimate of drug-likeness (QED) is 0.612. The van der Waals surface area contributed by atoms with E-state index >= 15 is 0 Å². The van der Waals surface area contributed by atoms with Crippen LogP contribution in [-0.2, 0) is 4.79 Å². The highest BCUT2D eigenvalue weighted by Crippen LogP contribution is 2.39. The zero-order chi connectivity index (χ0) is 18.4. The maximum Gasteiger partial charge on any atom is 0.256 e. The van der Waals surface area contributed by atoms with Crippen LogP contribution >= 0.6 is 0 Å². The molecule has 2 aliphatic rings. The number of nitrogens with zero attached hydrogens (tertiary/aromatic N) is 2. The summed E-state index contributed by atoms with van der Waals surface area (Å²) in [6, 6.07) is 5.96. The Bertz CT molecular complexity index is 1090. The van der Waals surface area contributed by atoms with Crippen LogP contribution in [-0.4, -0.2) is 34.2 Å². The monoisotopic (exact) mass is 359 g/mol. The van der Waals surface area contributed by atoms with Crippen LogP contribution in [0, 0.1) is 6.92 Å². The van der Waals surface area contributed by atoms with E-state index in [1.807, 2.05) is 30.5 Å². The molecule has 7 nitrogen and oxygen atoms in total. The minimum absolute atomic E-state index is 0.112. The number of hydrogen-bond donors (Lipinski definition) is 3. The Morgan fingerprint density at radius 3 is 3.00 bits per heavy atom. The number of carbonyl (C=O) groups excluding carboxylic acids is 1. The molecule has 0 fully saturated rings. The molecule has 0 saturated carbocycles. The molecule has 0 radical (unpaired) electrons. The lowest BCUT2D eigenvalue weighted by Gasteiger charge is -2.21. The Hall–Kier alpha value is -3.61. The fourth-order valence-corrected chi connectivity index (χ4v) is 3.52. The molecular formula is C20H17N5O2. The van der Waals surface area contributed by atoms with Gasteiger partial charge in [0.25, 0.3) is 5.91 Å². The van der Waals surface area contributed by atoms with E-state index in [1.165, 1.54) is 0 Å². The molecule has 0 saturated heterocycles. The predicted molar refractivity (Wildman–Crippen MR) is 103 cm³/mol. The summed E-state index contributed by atoms with van der Waals surface area (Å²) in [5, 5.41) is 13.0. The summed E-state index contributed by atoms with van der Waals surface area (Å²) >= 11 is 0. The standard InChI is InChI=1S/C20H17N5O2/c1-11-16(10-22-20-18(11)21-4-5-27-20)13-2-3-17-14(7-13)15(19(26)25-17)6-12-8-23-24-9-12/h2-3,6-10,21H,4-5H2,1H3,(H,23,24)(H,25,26)/b15-6-. The number of anilines is 2. The van der Waals surface area contributed by atoms with Crippen LogP contribution < -0.4 is 15.4 Å². The molecule has 5 rings (SSSR count). The van der Waals surface area contributed by atoms with E-state index < -0.39 is 0 Å². The predicted octanol–water partition coefficient (Wildman–Crippen LogP) is 3.08. The first-order valence-electron chi connectivity index (χ1n) is 8.73. The molecule has 1 aromatic carbocycles. The number of ether oxygens (including phenoxy) is 1. The van der Waals surface area contributed by atoms with Gasteiger partial charge in [-0.1, -0.05) is 6.07 Å². The first-order valence-corrected chi connectivity index (χ1v) is 8.73. The van der Waals surface area contributed by atoms with Crippen molar-refractivity contribution < 1.29 is 9.53 Å². The molecule has 0 aliphatic carbocycles. The maximum atomic E-state index is 12.4. The highest BCUT2D eigenvalue weighted by atomic mass is 16.5. The third kappa shape index (κ3) is 2.55. The summed E-state index contributed by atoms with van der Waals surface area (Å²) < 4.78 is 5.61. The summed E-state index contributed by atoms with van der Waals surface area (Å²) in [5.41, 5.74) is 7.19. The fourth-order valence-electron chi connectivity index (χ4n) is 3.52. The third-order valence-corrected chi connectivity index (χ3v) is 4.89. The second kappa shape index (κ2) is 5.98. The molecule has 0 atom stereocenters. The lowest BCUT2D eigenvalue weighted by atomic mass is 9.96. The van der Waals surface area contributed by atoms with Crippen LogP contribution in [0.3, 0.4) is 0 Å². The third-order valence-electron chi connectivity index (χ3n) is 4.89. The number of rotatable bonds is 2. The number of H-pyrrole nitrogens is 1. The first-order chi connectivity index (χ1) is 13.2. The van der Waals surface area contributed by atoms with Gasteiger partial charge in [-0.25, -0.2) is 4.98 Å². The van der Waals surface area contributed by atoms with Gasteiger partial charge in [-0.3, -0.25) is 9.89 Å². The van der Waals surface area contributed by atoms with Crippen LogP contribution in [0.5, 0.6) is 5.88 Å². The van der Waals surface area contributed by atoms with E-state index in [0.29, 0.717) is 18.1 Å². The molecule has 27 heavy (non-hydrogen) atoms. The molecule has 134 valence electrons. The lowest BCUT2D eigenvalue weighted by molar-refractivity contribution is -0.110. The van der Waals surface area contributed by atoms with Crippen LogP contribution in [0.4, 0.5) is 11.4 Å². The topological polar surface area (TPSA) is 91.9 Å². The number of aromatic amines is 1. The van der Waals surface area contributed by atoms with E-state index in [4.69, 9.17) is 4.74 Å². The minimum atomic E-state index is -0.112. The van der Waals surface area contributed by atoms with Gasteiger partial charge < -0.3 is 15.4 Å². The molecule has 2 aliphatic heterocycles. The average molecular weight is 359 g/mol. The lowest BCUT2D eigenvalue weighted by Crippen LogP contribution is -2.20. The average Bonchev–Trinajstić information content (AvgIpc) is 3.31. The number of pyridine rings is 1. The van der Waals surface area contributed by atoms with E-state index in [1.54, 1.807) is 12.4 Å². The highest BCUT2D eigenvalue weighted by Gasteiger charge is 2.25. The Morgan fingerprint density at radius 1 is 1.22 bits per heavy atom. The fraction of sp³-hybridized carbons (Fsp3) is 0.150. The number of amides is 1. The molecule has 7 heteroatoms. The van der Waals surface area contributed by atoms with E-state index in [0.717, 1.165) is 45.7 Å². The smallest absolute Gasteiger partial charge is 0.256 e. The summed E-state index contributed by atoms with van der Waals surface area (Å²) in [7, 11) is 0. The van der Waals surface area contributed by atoms with Gasteiger partial charge in [0.05, 0.1) is 6.20 Å². The second-order valence-corrected chi connectivity index (χ2v) is 6.56. The second-order valence-electron chi connectivity index (χ2n) is 6.56. The largest absolute Gasteiger partial charge is 0.474 e. The molecule has 2 aromatic heterocycles. The van der Waals surface area contributed by atoms with Gasteiger partial charge in [0, 0.05) is 46.9 Å². The van der Waals surface area contributed by atoms with Crippen LogP contribution in [0.25, 0.3) is 22.8 Å². The molecule has 0 unspecified atom stereocenters. The van der Waals surface area contributed by atoms with Crippen molar-refractivity contribution in [3.8, 4) is 17.0 Å². The van der Waals surface area contributed by atoms with Crippen molar-refractivity contribution in [3.63, 3.8) is 0 Å². The van der Waals surface area contributed by atoms with Gasteiger partial charge in [0.2, 0.25) is 5.88 Å². The Morgan fingerprint density at radius 2 is 2.15 bits per heavy atom. The Kier molecular flexibility index (Phi) is 3.46. The van der Waals surface area contributed by atoms with Gasteiger partial charge in [-0.2, -0.15) is 5.10 Å². The van der Waals surface area contributed by atoms with E-state index in [9.17, 15) is 4.79 Å². The number of nitrogens with one attached hydrogen (secondary N) is 3. The molecule has 3 aromatic rings. The van der Waals surface area contributed by atoms with Gasteiger partial charge >= 0.3 is 0 Å². The van der Waals surface area contributed by atoms with Gasteiger partial charge in [0.15, 0.2) is 0 Å². The van der Waals surface area contributed by atoms with Crippen molar-refractivity contribution in [2.75, 3.05) is 23.8 Å². The number of aromatic nitrogens is 3. The Labute approximate surface area is 155 Å². The van der Waals surface area contributed by atoms with Crippen LogP contribution in [0.15, 0.2) is 36.8 Å².